The molecule has 1 saturated heterocycles. The van der Waals surface area contributed by atoms with E-state index >= 15 is 0 Å². The second-order valence-corrected chi connectivity index (χ2v) is 3.95. The molecule has 1 rings (SSSR count). The first-order valence-corrected chi connectivity index (χ1v) is 5.67. The number of hydrogen-bond donors (Lipinski definition) is 1. The van der Waals surface area contributed by atoms with E-state index in [9.17, 15) is 9.59 Å². The highest BCUT2D eigenvalue weighted by Gasteiger charge is 2.22. The van der Waals surface area contributed by atoms with Gasteiger partial charge in [-0.1, -0.05) is 0 Å². The van der Waals surface area contributed by atoms with E-state index in [2.05, 4.69) is 10.1 Å². The highest BCUT2D eigenvalue weighted by Crippen LogP contribution is 2.11. The fraction of sp³-hybridized carbons (Fsp3) is 0.818. The molecule has 1 aliphatic heterocycles. The summed E-state index contributed by atoms with van der Waals surface area (Å²) in [6, 6.07) is -0.751. The van der Waals surface area contributed by atoms with Gasteiger partial charge in [0.15, 0.2) is 6.04 Å². The summed E-state index contributed by atoms with van der Waals surface area (Å²) in [5.41, 5.74) is 0. The van der Waals surface area contributed by atoms with Gasteiger partial charge >= 0.3 is 5.97 Å². The highest BCUT2D eigenvalue weighted by molar-refractivity contribution is 5.83. The summed E-state index contributed by atoms with van der Waals surface area (Å²) in [5, 5.41) is 2.48. The summed E-state index contributed by atoms with van der Waals surface area (Å²) in [6.45, 7) is 2.65. The topological polar surface area (TPSA) is 73.9 Å². The number of esters is 1. The zero-order valence-electron chi connectivity index (χ0n) is 10.2. The molecule has 6 heteroatoms. The molecule has 6 nitrogen and oxygen atoms in total. The first-order chi connectivity index (χ1) is 8.13. The monoisotopic (exact) mass is 245 g/mol. The molecule has 0 saturated carbocycles. The Labute approximate surface area is 101 Å². The lowest BCUT2D eigenvalue weighted by atomic mass is 10.2. The maximum Gasteiger partial charge on any atom is 0.330 e. The Morgan fingerprint density at radius 3 is 2.82 bits per heavy atom. The quantitative estimate of drug-likeness (QED) is 0.659. The molecule has 1 heterocycles. The summed E-state index contributed by atoms with van der Waals surface area (Å²) in [7, 11) is 1.28. The summed E-state index contributed by atoms with van der Waals surface area (Å²) in [4.78, 5) is 22.2. The third-order valence-electron chi connectivity index (χ3n) is 2.48. The van der Waals surface area contributed by atoms with Gasteiger partial charge in [-0.25, -0.2) is 4.79 Å². The molecule has 2 atom stereocenters. The van der Waals surface area contributed by atoms with Gasteiger partial charge in [-0.15, -0.1) is 0 Å². The van der Waals surface area contributed by atoms with Gasteiger partial charge in [-0.3, -0.25) is 4.79 Å². The van der Waals surface area contributed by atoms with Crippen LogP contribution >= 0.6 is 0 Å². The first kappa shape index (κ1) is 13.9. The smallest absolute Gasteiger partial charge is 0.330 e. The molecule has 0 aromatic heterocycles. The lowest BCUT2D eigenvalue weighted by Gasteiger charge is -2.17. The Morgan fingerprint density at radius 1 is 1.53 bits per heavy atom. The standard InChI is InChI=1S/C11H19NO5/c1-8(13)12-10(11(14)15-2)7-16-6-9-4-3-5-17-9/h9-10H,3-7H2,1-2H3,(H,12,13). The van der Waals surface area contributed by atoms with E-state index in [0.29, 0.717) is 6.61 Å². The van der Waals surface area contributed by atoms with Crippen LogP contribution in [0, 0.1) is 0 Å². The first-order valence-electron chi connectivity index (χ1n) is 5.67. The van der Waals surface area contributed by atoms with Crippen LogP contribution in [0.1, 0.15) is 19.8 Å². The van der Waals surface area contributed by atoms with Gasteiger partial charge < -0.3 is 19.5 Å². The van der Waals surface area contributed by atoms with Crippen molar-refractivity contribution in [2.24, 2.45) is 0 Å². The molecule has 1 fully saturated rings. The zero-order chi connectivity index (χ0) is 12.7. The molecule has 17 heavy (non-hydrogen) atoms. The maximum atomic E-state index is 11.3. The molecule has 2 unspecified atom stereocenters. The van der Waals surface area contributed by atoms with Crippen molar-refractivity contribution >= 4 is 11.9 Å². The molecular weight excluding hydrogens is 226 g/mol. The minimum absolute atomic E-state index is 0.102. The van der Waals surface area contributed by atoms with Crippen molar-refractivity contribution in [3.63, 3.8) is 0 Å². The second-order valence-electron chi connectivity index (χ2n) is 3.95. The molecular formula is C11H19NO5. The second kappa shape index (κ2) is 7.24. The van der Waals surface area contributed by atoms with Crippen molar-refractivity contribution in [1.82, 2.24) is 5.32 Å². The molecule has 1 aliphatic rings. The number of nitrogens with one attached hydrogen (secondary N) is 1. The lowest BCUT2D eigenvalue weighted by molar-refractivity contribution is -0.147. The van der Waals surface area contributed by atoms with Crippen LogP contribution in [0.2, 0.25) is 0 Å². The largest absolute Gasteiger partial charge is 0.467 e. The van der Waals surface area contributed by atoms with Gasteiger partial charge in [0.1, 0.15) is 0 Å². The molecule has 0 aliphatic carbocycles. The SMILES string of the molecule is COC(=O)C(COCC1CCCO1)NC(C)=O. The van der Waals surface area contributed by atoms with Crippen molar-refractivity contribution in [1.29, 1.82) is 0 Å². The fourth-order valence-electron chi connectivity index (χ4n) is 1.65. The predicted octanol–water partition coefficient (Wildman–Crippen LogP) is -0.140. The molecule has 1 amide bonds. The number of carbonyl (C=O) groups excluding carboxylic acids is 2. The molecule has 98 valence electrons. The number of methoxy groups -OCH3 is 1. The Balaban J connectivity index is 2.27. The number of carbonyl (C=O) groups is 2. The van der Waals surface area contributed by atoms with E-state index in [-0.39, 0.29) is 18.6 Å². The molecule has 0 bridgehead atoms. The third-order valence-corrected chi connectivity index (χ3v) is 2.48. The van der Waals surface area contributed by atoms with Crippen LogP contribution in [0.5, 0.6) is 0 Å². The lowest BCUT2D eigenvalue weighted by Crippen LogP contribution is -2.44. The zero-order valence-corrected chi connectivity index (χ0v) is 10.2. The minimum Gasteiger partial charge on any atom is -0.467 e. The Kier molecular flexibility index (Phi) is 5.93. The predicted molar refractivity (Wildman–Crippen MR) is 59.4 cm³/mol. The molecule has 0 aromatic carbocycles. The van der Waals surface area contributed by atoms with Gasteiger partial charge in [0.25, 0.3) is 0 Å². The van der Waals surface area contributed by atoms with Crippen molar-refractivity contribution in [2.45, 2.75) is 31.9 Å². The van der Waals surface area contributed by atoms with Gasteiger partial charge in [0.05, 0.1) is 26.4 Å². The van der Waals surface area contributed by atoms with Crippen LogP contribution in [0.3, 0.4) is 0 Å². The van der Waals surface area contributed by atoms with E-state index in [4.69, 9.17) is 9.47 Å². The maximum absolute atomic E-state index is 11.3. The van der Waals surface area contributed by atoms with E-state index in [1.165, 1.54) is 14.0 Å². The van der Waals surface area contributed by atoms with Gasteiger partial charge in [-0.05, 0) is 12.8 Å². The molecule has 0 spiro atoms. The molecule has 0 aromatic rings. The molecule has 0 radical (unpaired) electrons. The van der Waals surface area contributed by atoms with Gasteiger partial charge in [0.2, 0.25) is 5.91 Å². The Bertz CT molecular complexity index is 263. The van der Waals surface area contributed by atoms with E-state index in [1.807, 2.05) is 0 Å². The van der Waals surface area contributed by atoms with Crippen LogP contribution in [0.15, 0.2) is 0 Å². The van der Waals surface area contributed by atoms with Crippen LogP contribution in [-0.2, 0) is 23.8 Å². The Hall–Kier alpha value is -1.14. The van der Waals surface area contributed by atoms with Gasteiger partial charge in [-0.2, -0.15) is 0 Å². The summed E-state index contributed by atoms with van der Waals surface area (Å²) < 4.78 is 15.3. The third kappa shape index (κ3) is 5.14. The number of hydrogen-bond acceptors (Lipinski definition) is 5. The highest BCUT2D eigenvalue weighted by atomic mass is 16.5. The fourth-order valence-corrected chi connectivity index (χ4v) is 1.65. The summed E-state index contributed by atoms with van der Waals surface area (Å²) in [5.74, 6) is -0.798. The van der Waals surface area contributed by atoms with Crippen molar-refractivity contribution < 1.29 is 23.8 Å². The van der Waals surface area contributed by atoms with Crippen LogP contribution in [-0.4, -0.2) is 51.0 Å². The van der Waals surface area contributed by atoms with Crippen LogP contribution in [0.25, 0.3) is 0 Å². The summed E-state index contributed by atoms with van der Waals surface area (Å²) >= 11 is 0. The minimum atomic E-state index is -0.751. The summed E-state index contributed by atoms with van der Waals surface area (Å²) in [6.07, 6.45) is 2.12. The number of amides is 1. The van der Waals surface area contributed by atoms with Gasteiger partial charge in [0, 0.05) is 13.5 Å². The number of ether oxygens (including phenoxy) is 3. The van der Waals surface area contributed by atoms with Crippen molar-refractivity contribution in [3.8, 4) is 0 Å². The average molecular weight is 245 g/mol. The number of rotatable bonds is 6. The van der Waals surface area contributed by atoms with Crippen molar-refractivity contribution in [3.05, 3.63) is 0 Å². The van der Waals surface area contributed by atoms with Crippen molar-refractivity contribution in [2.75, 3.05) is 26.9 Å². The molecule has 1 N–H and O–H groups in total. The van der Waals surface area contributed by atoms with Crippen LogP contribution in [0.4, 0.5) is 0 Å². The van der Waals surface area contributed by atoms with E-state index in [1.54, 1.807) is 0 Å². The van der Waals surface area contributed by atoms with E-state index in [0.717, 1.165) is 19.4 Å². The Morgan fingerprint density at radius 2 is 2.29 bits per heavy atom. The normalized spacial score (nSPS) is 20.9. The van der Waals surface area contributed by atoms with E-state index < -0.39 is 12.0 Å². The average Bonchev–Trinajstić information content (AvgIpc) is 2.79. The van der Waals surface area contributed by atoms with Crippen LogP contribution < -0.4 is 5.32 Å².